The van der Waals surface area contributed by atoms with Crippen molar-refractivity contribution in [3.8, 4) is 11.6 Å². The third-order valence-electron chi connectivity index (χ3n) is 5.71. The van der Waals surface area contributed by atoms with Crippen LogP contribution in [0.4, 0.5) is 0 Å². The van der Waals surface area contributed by atoms with Crippen molar-refractivity contribution in [2.45, 2.75) is 43.9 Å². The Kier molecular flexibility index (Phi) is 3.24. The van der Waals surface area contributed by atoms with Crippen LogP contribution in [0, 0.1) is 5.41 Å². The van der Waals surface area contributed by atoms with Crippen molar-refractivity contribution >= 4 is 11.6 Å². The predicted molar refractivity (Wildman–Crippen MR) is 83.4 cm³/mol. The molecule has 5 nitrogen and oxygen atoms in total. The summed E-state index contributed by atoms with van der Waals surface area (Å²) in [4.78, 5) is 12.5. The zero-order chi connectivity index (χ0) is 15.2. The Labute approximate surface area is 134 Å². The summed E-state index contributed by atoms with van der Waals surface area (Å²) in [5.74, 6) is 1.51. The number of nitrogens with two attached hydrogens (primary N) is 1. The second-order valence-electron chi connectivity index (χ2n) is 6.73. The van der Waals surface area contributed by atoms with Crippen molar-refractivity contribution in [1.82, 2.24) is 15.0 Å². The molecule has 3 fully saturated rings. The van der Waals surface area contributed by atoms with Gasteiger partial charge in [0.2, 0.25) is 11.2 Å². The maximum atomic E-state index is 6.06. The summed E-state index contributed by atoms with van der Waals surface area (Å²) < 4.78 is 6.06. The fraction of sp³-hybridized carbons (Fsp3) is 0.562. The van der Waals surface area contributed by atoms with E-state index in [9.17, 15) is 0 Å². The molecular weight excluding hydrogens is 300 g/mol. The Morgan fingerprint density at radius 1 is 1.14 bits per heavy atom. The van der Waals surface area contributed by atoms with Crippen LogP contribution in [0.2, 0.25) is 5.28 Å². The Hall–Kier alpha value is -1.46. The minimum atomic E-state index is 0.138. The number of halogens is 1. The molecule has 3 aliphatic rings. The first-order valence-electron chi connectivity index (χ1n) is 7.80. The number of hydrogen-bond donors (Lipinski definition) is 1. The summed E-state index contributed by atoms with van der Waals surface area (Å²) in [6.45, 7) is 0.810. The van der Waals surface area contributed by atoms with Gasteiger partial charge in [-0.3, -0.25) is 0 Å². The Balaban J connectivity index is 1.63. The van der Waals surface area contributed by atoms with Crippen molar-refractivity contribution in [1.29, 1.82) is 0 Å². The fourth-order valence-electron chi connectivity index (χ4n) is 4.03. The standard InChI is InChI=1S/C16H19ClN4O/c17-14-19-8-1-11(21-14)13-20-9-12(22-13)16-5-2-15(10-18,3-6-16)4-7-16/h1,8-9H,2-7,10,18H2/t15-,16+. The molecule has 3 aliphatic carbocycles. The maximum Gasteiger partial charge on any atom is 0.245 e. The van der Waals surface area contributed by atoms with Crippen molar-refractivity contribution in [2.75, 3.05) is 6.54 Å². The van der Waals surface area contributed by atoms with E-state index >= 15 is 0 Å². The third-order valence-corrected chi connectivity index (χ3v) is 5.89. The van der Waals surface area contributed by atoms with Crippen molar-refractivity contribution in [3.05, 3.63) is 29.5 Å². The van der Waals surface area contributed by atoms with Crippen LogP contribution >= 0.6 is 11.6 Å². The largest absolute Gasteiger partial charge is 0.439 e. The van der Waals surface area contributed by atoms with E-state index in [0.717, 1.165) is 31.6 Å². The number of nitrogens with zero attached hydrogens (tertiary/aromatic N) is 3. The quantitative estimate of drug-likeness (QED) is 0.878. The Morgan fingerprint density at radius 2 is 1.86 bits per heavy atom. The molecule has 0 unspecified atom stereocenters. The summed E-state index contributed by atoms with van der Waals surface area (Å²) >= 11 is 5.84. The van der Waals surface area contributed by atoms with Crippen molar-refractivity contribution in [3.63, 3.8) is 0 Å². The lowest BCUT2D eigenvalue weighted by atomic mass is 9.53. The third kappa shape index (κ3) is 2.15. The lowest BCUT2D eigenvalue weighted by Crippen LogP contribution is -2.47. The van der Waals surface area contributed by atoms with Crippen LogP contribution in [-0.2, 0) is 5.41 Å². The first kappa shape index (κ1) is 14.2. The molecule has 22 heavy (non-hydrogen) atoms. The minimum absolute atomic E-state index is 0.138. The fourth-order valence-corrected chi connectivity index (χ4v) is 4.18. The number of fused-ring (bicyclic) bond motifs is 3. The number of hydrogen-bond acceptors (Lipinski definition) is 5. The number of oxazole rings is 1. The summed E-state index contributed by atoms with van der Waals surface area (Å²) in [5.41, 5.74) is 7.13. The summed E-state index contributed by atoms with van der Waals surface area (Å²) in [6, 6.07) is 1.76. The second-order valence-corrected chi connectivity index (χ2v) is 7.06. The zero-order valence-corrected chi connectivity index (χ0v) is 13.1. The van der Waals surface area contributed by atoms with Gasteiger partial charge in [-0.1, -0.05) is 0 Å². The van der Waals surface area contributed by atoms with Gasteiger partial charge in [-0.05, 0) is 68.2 Å². The van der Waals surface area contributed by atoms with E-state index < -0.39 is 0 Å². The van der Waals surface area contributed by atoms with Gasteiger partial charge in [0, 0.05) is 11.6 Å². The van der Waals surface area contributed by atoms with Crippen LogP contribution in [0.1, 0.15) is 44.3 Å². The smallest absolute Gasteiger partial charge is 0.245 e. The molecule has 3 saturated carbocycles. The molecule has 0 saturated heterocycles. The molecule has 0 aromatic carbocycles. The van der Waals surface area contributed by atoms with Gasteiger partial charge in [0.25, 0.3) is 0 Å². The highest BCUT2D eigenvalue weighted by molar-refractivity contribution is 6.28. The lowest BCUT2D eigenvalue weighted by Gasteiger charge is -2.52. The van der Waals surface area contributed by atoms with E-state index in [4.69, 9.17) is 21.8 Å². The first-order chi connectivity index (χ1) is 10.6. The van der Waals surface area contributed by atoms with Crippen LogP contribution in [0.15, 0.2) is 22.9 Å². The minimum Gasteiger partial charge on any atom is -0.439 e. The Bertz CT molecular complexity index is 674. The highest BCUT2D eigenvalue weighted by atomic mass is 35.5. The van der Waals surface area contributed by atoms with Gasteiger partial charge in [-0.15, -0.1) is 0 Å². The second kappa shape index (κ2) is 5.03. The number of rotatable bonds is 3. The predicted octanol–water partition coefficient (Wildman–Crippen LogP) is 3.34. The van der Waals surface area contributed by atoms with Gasteiger partial charge in [0.1, 0.15) is 11.5 Å². The van der Waals surface area contributed by atoms with Gasteiger partial charge in [0.05, 0.1) is 6.20 Å². The molecule has 2 N–H and O–H groups in total. The van der Waals surface area contributed by atoms with Gasteiger partial charge >= 0.3 is 0 Å². The van der Waals surface area contributed by atoms with E-state index in [1.54, 1.807) is 12.3 Å². The van der Waals surface area contributed by atoms with Crippen LogP contribution in [0.3, 0.4) is 0 Å². The van der Waals surface area contributed by atoms with Crippen molar-refractivity contribution in [2.24, 2.45) is 11.1 Å². The van der Waals surface area contributed by atoms with Gasteiger partial charge in [-0.2, -0.15) is 0 Å². The molecule has 5 rings (SSSR count). The van der Waals surface area contributed by atoms with Crippen LogP contribution < -0.4 is 5.73 Å². The summed E-state index contributed by atoms with van der Waals surface area (Å²) in [7, 11) is 0. The highest BCUT2D eigenvalue weighted by Gasteiger charge is 2.50. The molecule has 116 valence electrons. The van der Waals surface area contributed by atoms with Gasteiger partial charge < -0.3 is 10.2 Å². The van der Waals surface area contributed by atoms with Crippen LogP contribution in [0.25, 0.3) is 11.6 Å². The summed E-state index contributed by atoms with van der Waals surface area (Å²) in [6.07, 6.45) is 10.5. The van der Waals surface area contributed by atoms with Crippen LogP contribution in [0.5, 0.6) is 0 Å². The molecule has 2 bridgehead atoms. The highest BCUT2D eigenvalue weighted by Crippen LogP contribution is 2.57. The van der Waals surface area contributed by atoms with E-state index in [1.807, 2.05) is 6.20 Å². The normalized spacial score (nSPS) is 30.6. The monoisotopic (exact) mass is 318 g/mol. The van der Waals surface area contributed by atoms with E-state index in [-0.39, 0.29) is 10.7 Å². The average molecular weight is 319 g/mol. The maximum absolute atomic E-state index is 6.06. The van der Waals surface area contributed by atoms with E-state index in [0.29, 0.717) is 17.0 Å². The van der Waals surface area contributed by atoms with Crippen LogP contribution in [-0.4, -0.2) is 21.5 Å². The molecule has 0 radical (unpaired) electrons. The topological polar surface area (TPSA) is 77.8 Å². The molecule has 0 amide bonds. The average Bonchev–Trinajstić information content (AvgIpc) is 3.07. The molecular formula is C16H19ClN4O. The van der Waals surface area contributed by atoms with E-state index in [1.165, 1.54) is 19.3 Å². The molecule has 0 atom stereocenters. The lowest BCUT2D eigenvalue weighted by molar-refractivity contribution is 0.0358. The molecule has 2 aromatic rings. The van der Waals surface area contributed by atoms with E-state index in [2.05, 4.69) is 15.0 Å². The van der Waals surface area contributed by atoms with Gasteiger partial charge in [0.15, 0.2) is 0 Å². The summed E-state index contributed by atoms with van der Waals surface area (Å²) in [5, 5.41) is 0.207. The molecule has 2 aromatic heterocycles. The molecule has 6 heteroatoms. The Morgan fingerprint density at radius 3 is 2.50 bits per heavy atom. The van der Waals surface area contributed by atoms with Gasteiger partial charge in [-0.25, -0.2) is 15.0 Å². The zero-order valence-electron chi connectivity index (χ0n) is 12.4. The van der Waals surface area contributed by atoms with Crippen molar-refractivity contribution < 1.29 is 4.42 Å². The number of aromatic nitrogens is 3. The molecule has 0 aliphatic heterocycles. The first-order valence-corrected chi connectivity index (χ1v) is 8.18. The molecule has 0 spiro atoms. The molecule has 2 heterocycles. The SMILES string of the molecule is NC[C@]12CC[C@](c3cnc(-c4ccnc(Cl)n4)o3)(CC1)CC2.